The third-order valence-corrected chi connectivity index (χ3v) is 4.09. The van der Waals surface area contributed by atoms with E-state index in [0.29, 0.717) is 5.13 Å². The zero-order valence-electron chi connectivity index (χ0n) is 9.94. The normalized spacial score (nSPS) is 13.3. The van der Waals surface area contributed by atoms with E-state index >= 15 is 0 Å². The summed E-state index contributed by atoms with van der Waals surface area (Å²) >= 11 is 1.44. The second-order valence-corrected chi connectivity index (χ2v) is 5.44. The Bertz CT molecular complexity index is 633. The fourth-order valence-electron chi connectivity index (χ4n) is 2.10. The van der Waals surface area contributed by atoms with Gasteiger partial charge in [-0.25, -0.2) is 9.37 Å². The van der Waals surface area contributed by atoms with Crippen molar-refractivity contribution in [1.82, 2.24) is 4.98 Å². The average Bonchev–Trinajstić information content (AvgIpc) is 2.89. The Morgan fingerprint density at radius 2 is 2.26 bits per heavy atom. The van der Waals surface area contributed by atoms with Gasteiger partial charge in [0.2, 0.25) is 0 Å². The van der Waals surface area contributed by atoms with Crippen LogP contribution in [0, 0.1) is 5.82 Å². The number of amides is 1. The molecule has 2 N–H and O–H groups in total. The summed E-state index contributed by atoms with van der Waals surface area (Å²) in [6.45, 7) is 0. The van der Waals surface area contributed by atoms with Crippen LogP contribution in [0.1, 0.15) is 27.3 Å². The molecule has 1 amide bonds. The van der Waals surface area contributed by atoms with Crippen LogP contribution in [-0.4, -0.2) is 16.0 Å². The molecule has 19 heavy (non-hydrogen) atoms. The molecule has 0 saturated heterocycles. The zero-order valence-corrected chi connectivity index (χ0v) is 10.8. The highest BCUT2D eigenvalue weighted by molar-refractivity contribution is 7.15. The summed E-state index contributed by atoms with van der Waals surface area (Å²) in [7, 11) is 0. The van der Waals surface area contributed by atoms with Crippen LogP contribution in [0.15, 0.2) is 18.2 Å². The fraction of sp³-hybridized carbons (Fsp3) is 0.231. The highest BCUT2D eigenvalue weighted by Crippen LogP contribution is 2.30. The Balaban J connectivity index is 1.80. The summed E-state index contributed by atoms with van der Waals surface area (Å²) in [5.74, 6) is -1.51. The first-order chi connectivity index (χ1) is 9.13. The number of hydrogen-bond donors (Lipinski definition) is 2. The van der Waals surface area contributed by atoms with E-state index in [2.05, 4.69) is 10.3 Å². The number of nitrogens with zero attached hydrogens (tertiary/aromatic N) is 1. The third-order valence-electron chi connectivity index (χ3n) is 3.01. The quantitative estimate of drug-likeness (QED) is 0.888. The minimum atomic E-state index is -0.749. The minimum Gasteiger partial charge on any atom is -0.508 e. The van der Waals surface area contributed by atoms with E-state index in [1.165, 1.54) is 28.3 Å². The molecule has 1 heterocycles. The van der Waals surface area contributed by atoms with Gasteiger partial charge in [0.15, 0.2) is 5.13 Å². The Hall–Kier alpha value is -1.95. The molecule has 6 heteroatoms. The number of phenols is 1. The number of rotatable bonds is 2. The second kappa shape index (κ2) is 4.62. The monoisotopic (exact) mass is 278 g/mol. The molecule has 0 saturated carbocycles. The Labute approximate surface area is 112 Å². The molecule has 0 atom stereocenters. The van der Waals surface area contributed by atoms with Crippen LogP contribution in [0.25, 0.3) is 0 Å². The number of benzene rings is 1. The van der Waals surface area contributed by atoms with Gasteiger partial charge >= 0.3 is 0 Å². The van der Waals surface area contributed by atoms with E-state index in [1.807, 2.05) is 0 Å². The highest BCUT2D eigenvalue weighted by Gasteiger charge is 2.19. The summed E-state index contributed by atoms with van der Waals surface area (Å²) in [5, 5.41) is 12.2. The topological polar surface area (TPSA) is 62.2 Å². The van der Waals surface area contributed by atoms with Gasteiger partial charge in [-0.05, 0) is 31.4 Å². The van der Waals surface area contributed by atoms with Crippen molar-refractivity contribution in [1.29, 1.82) is 0 Å². The molecule has 3 rings (SSSR count). The number of fused-ring (bicyclic) bond motifs is 1. The lowest BCUT2D eigenvalue weighted by atomic mass is 10.2. The maximum atomic E-state index is 13.5. The van der Waals surface area contributed by atoms with Crippen molar-refractivity contribution in [3.63, 3.8) is 0 Å². The predicted octanol–water partition coefficient (Wildman–Crippen LogP) is 2.73. The number of thiazole rings is 1. The van der Waals surface area contributed by atoms with Gasteiger partial charge in [0.25, 0.3) is 5.91 Å². The first kappa shape index (κ1) is 12.1. The lowest BCUT2D eigenvalue weighted by Crippen LogP contribution is -2.13. The molecule has 1 aliphatic carbocycles. The summed E-state index contributed by atoms with van der Waals surface area (Å²) in [4.78, 5) is 17.4. The van der Waals surface area contributed by atoms with Crippen molar-refractivity contribution < 1.29 is 14.3 Å². The molecule has 1 aromatic carbocycles. The summed E-state index contributed by atoms with van der Waals surface area (Å²) in [6, 6.07) is 3.44. The largest absolute Gasteiger partial charge is 0.508 e. The van der Waals surface area contributed by atoms with Gasteiger partial charge in [0, 0.05) is 10.9 Å². The van der Waals surface area contributed by atoms with Crippen LogP contribution < -0.4 is 5.32 Å². The van der Waals surface area contributed by atoms with E-state index in [1.54, 1.807) is 0 Å². The molecular weight excluding hydrogens is 267 g/mol. The molecule has 0 radical (unpaired) electrons. The third kappa shape index (κ3) is 2.31. The number of phenolic OH excluding ortho intramolecular Hbond substituents is 1. The molecule has 1 aliphatic rings. The number of aromatic nitrogens is 1. The lowest BCUT2D eigenvalue weighted by Gasteiger charge is -2.03. The second-order valence-electron chi connectivity index (χ2n) is 4.36. The van der Waals surface area contributed by atoms with Gasteiger partial charge in [0.1, 0.15) is 11.6 Å². The number of aromatic hydroxyl groups is 1. The summed E-state index contributed by atoms with van der Waals surface area (Å²) in [5.41, 5.74) is 0.930. The van der Waals surface area contributed by atoms with E-state index in [4.69, 9.17) is 5.11 Å². The van der Waals surface area contributed by atoms with Crippen molar-refractivity contribution in [2.24, 2.45) is 0 Å². The molecule has 0 spiro atoms. The number of carbonyl (C=O) groups excluding carboxylic acids is 1. The maximum absolute atomic E-state index is 13.5. The van der Waals surface area contributed by atoms with Gasteiger partial charge in [-0.2, -0.15) is 0 Å². The number of anilines is 1. The minimum absolute atomic E-state index is 0.104. The Kier molecular flexibility index (Phi) is 2.94. The van der Waals surface area contributed by atoms with Gasteiger partial charge < -0.3 is 5.11 Å². The Morgan fingerprint density at radius 3 is 3.00 bits per heavy atom. The van der Waals surface area contributed by atoms with Crippen molar-refractivity contribution in [3.05, 3.63) is 40.2 Å². The van der Waals surface area contributed by atoms with Crippen molar-refractivity contribution >= 4 is 22.4 Å². The van der Waals surface area contributed by atoms with Crippen molar-refractivity contribution in [2.45, 2.75) is 19.3 Å². The van der Waals surface area contributed by atoms with Crippen LogP contribution in [0.2, 0.25) is 0 Å². The number of nitrogens with one attached hydrogen (secondary N) is 1. The summed E-state index contributed by atoms with van der Waals surface area (Å²) < 4.78 is 13.5. The van der Waals surface area contributed by atoms with Crippen molar-refractivity contribution in [3.8, 4) is 5.75 Å². The molecule has 0 fully saturated rings. The molecule has 0 unspecified atom stereocenters. The lowest BCUT2D eigenvalue weighted by molar-refractivity contribution is 0.102. The van der Waals surface area contributed by atoms with Gasteiger partial charge in [-0.15, -0.1) is 11.3 Å². The van der Waals surface area contributed by atoms with Crippen LogP contribution in [0.3, 0.4) is 0 Å². The molecule has 98 valence electrons. The van der Waals surface area contributed by atoms with Crippen LogP contribution in [0.5, 0.6) is 5.75 Å². The smallest absolute Gasteiger partial charge is 0.260 e. The SMILES string of the molecule is O=C(Nc1nc2c(s1)CCC2)c1ccc(O)cc1F. The molecule has 1 aromatic heterocycles. The first-order valence-electron chi connectivity index (χ1n) is 5.92. The van der Waals surface area contributed by atoms with E-state index in [9.17, 15) is 9.18 Å². The number of aryl methyl sites for hydroxylation is 2. The highest BCUT2D eigenvalue weighted by atomic mass is 32.1. The molecule has 4 nitrogen and oxygen atoms in total. The Morgan fingerprint density at radius 1 is 1.42 bits per heavy atom. The maximum Gasteiger partial charge on any atom is 0.260 e. The first-order valence-corrected chi connectivity index (χ1v) is 6.73. The summed E-state index contributed by atoms with van der Waals surface area (Å²) in [6.07, 6.45) is 3.04. The van der Waals surface area contributed by atoms with Crippen LogP contribution in [-0.2, 0) is 12.8 Å². The molecule has 2 aromatic rings. The van der Waals surface area contributed by atoms with Gasteiger partial charge in [0.05, 0.1) is 11.3 Å². The van der Waals surface area contributed by atoms with Crippen molar-refractivity contribution in [2.75, 3.05) is 5.32 Å². The zero-order chi connectivity index (χ0) is 13.4. The number of halogens is 1. The van der Waals surface area contributed by atoms with Crippen LogP contribution in [0.4, 0.5) is 9.52 Å². The average molecular weight is 278 g/mol. The predicted molar refractivity (Wildman–Crippen MR) is 70.2 cm³/mol. The van der Waals surface area contributed by atoms with Crippen LogP contribution >= 0.6 is 11.3 Å². The molecular formula is C13H11FN2O2S. The standard InChI is InChI=1S/C13H11FN2O2S/c14-9-6-7(17)4-5-8(9)12(18)16-13-15-10-2-1-3-11(10)19-13/h4-6,17H,1-3H2,(H,15,16,18). The number of hydrogen-bond acceptors (Lipinski definition) is 4. The van der Waals surface area contributed by atoms with E-state index < -0.39 is 11.7 Å². The molecule has 0 aliphatic heterocycles. The fourth-order valence-corrected chi connectivity index (χ4v) is 3.14. The van der Waals surface area contributed by atoms with E-state index in [0.717, 1.165) is 31.0 Å². The molecule has 0 bridgehead atoms. The van der Waals surface area contributed by atoms with Gasteiger partial charge in [-0.1, -0.05) is 0 Å². The van der Waals surface area contributed by atoms with E-state index in [-0.39, 0.29) is 11.3 Å². The number of carbonyl (C=O) groups is 1. The van der Waals surface area contributed by atoms with Gasteiger partial charge in [-0.3, -0.25) is 10.1 Å².